The molecule has 1 aromatic carbocycles. The van der Waals surface area contributed by atoms with Crippen LogP contribution >= 0.6 is 0 Å². The molecule has 3 aromatic rings. The first-order valence-corrected chi connectivity index (χ1v) is 8.96. The van der Waals surface area contributed by atoms with Gasteiger partial charge in [0.25, 0.3) is 0 Å². The number of rotatable bonds is 2. The van der Waals surface area contributed by atoms with Crippen LogP contribution in [0.4, 0.5) is 0 Å². The average Bonchev–Trinajstić information content (AvgIpc) is 3.08. The number of H-pyrrole nitrogens is 1. The van der Waals surface area contributed by atoms with Crippen molar-refractivity contribution in [2.45, 2.75) is 51.5 Å². The minimum Gasteiger partial charge on any atom is -0.342 e. The standard InChI is InChI=1S/C18H20N4.C2H6/c19-14-7-4-12(5-8-14)18-21-16-9-6-13(11-17(16)22-18)15-3-1-2-10-20-15;1-2/h1-3,6,9-12,14H,4-5,7-8,19H2,(H,21,22);1-2H3. The Morgan fingerprint density at radius 1 is 1.04 bits per heavy atom. The van der Waals surface area contributed by atoms with Gasteiger partial charge in [0.05, 0.1) is 16.7 Å². The number of hydrogen-bond acceptors (Lipinski definition) is 3. The lowest BCUT2D eigenvalue weighted by Crippen LogP contribution is -2.26. The van der Waals surface area contributed by atoms with Gasteiger partial charge in [-0.05, 0) is 49.9 Å². The molecule has 3 N–H and O–H groups in total. The number of pyridine rings is 1. The van der Waals surface area contributed by atoms with Crippen molar-refractivity contribution in [2.24, 2.45) is 5.73 Å². The third-order valence-corrected chi connectivity index (χ3v) is 4.62. The molecule has 126 valence electrons. The van der Waals surface area contributed by atoms with Crippen LogP contribution in [0.5, 0.6) is 0 Å². The molecule has 0 unspecified atom stereocenters. The first-order valence-electron chi connectivity index (χ1n) is 8.96. The van der Waals surface area contributed by atoms with E-state index in [4.69, 9.17) is 10.7 Å². The molecule has 0 radical (unpaired) electrons. The van der Waals surface area contributed by atoms with Gasteiger partial charge in [-0.2, -0.15) is 0 Å². The van der Waals surface area contributed by atoms with E-state index in [1.165, 1.54) is 0 Å². The van der Waals surface area contributed by atoms with Gasteiger partial charge in [-0.1, -0.05) is 26.0 Å². The molecule has 0 spiro atoms. The smallest absolute Gasteiger partial charge is 0.110 e. The fourth-order valence-electron chi connectivity index (χ4n) is 3.31. The molecule has 0 atom stereocenters. The highest BCUT2D eigenvalue weighted by Crippen LogP contribution is 2.32. The summed E-state index contributed by atoms with van der Waals surface area (Å²) in [4.78, 5) is 12.7. The molecule has 2 heterocycles. The van der Waals surface area contributed by atoms with Gasteiger partial charge in [0.2, 0.25) is 0 Å². The fourth-order valence-corrected chi connectivity index (χ4v) is 3.31. The minimum atomic E-state index is 0.372. The Bertz CT molecular complexity index is 771. The van der Waals surface area contributed by atoms with Crippen LogP contribution in [0, 0.1) is 0 Å². The average molecular weight is 322 g/mol. The number of aromatic nitrogens is 3. The number of imidazole rings is 1. The Labute approximate surface area is 143 Å². The summed E-state index contributed by atoms with van der Waals surface area (Å²) in [6, 6.07) is 12.7. The molecule has 2 aromatic heterocycles. The van der Waals surface area contributed by atoms with Gasteiger partial charge >= 0.3 is 0 Å². The van der Waals surface area contributed by atoms with E-state index in [1.807, 2.05) is 38.2 Å². The summed E-state index contributed by atoms with van der Waals surface area (Å²) in [7, 11) is 0. The molecule has 4 rings (SSSR count). The van der Waals surface area contributed by atoms with Crippen LogP contribution < -0.4 is 5.73 Å². The lowest BCUT2D eigenvalue weighted by atomic mass is 9.86. The lowest BCUT2D eigenvalue weighted by molar-refractivity contribution is 0.386. The number of hydrogen-bond donors (Lipinski definition) is 2. The highest BCUT2D eigenvalue weighted by Gasteiger charge is 2.22. The van der Waals surface area contributed by atoms with Gasteiger partial charge in [-0.3, -0.25) is 4.98 Å². The van der Waals surface area contributed by atoms with E-state index in [0.717, 1.165) is 53.8 Å². The van der Waals surface area contributed by atoms with E-state index in [2.05, 4.69) is 28.2 Å². The second kappa shape index (κ2) is 7.58. The summed E-state index contributed by atoms with van der Waals surface area (Å²) in [5.74, 6) is 1.63. The Morgan fingerprint density at radius 3 is 2.54 bits per heavy atom. The molecule has 4 nitrogen and oxygen atoms in total. The molecule has 1 saturated carbocycles. The summed E-state index contributed by atoms with van der Waals surface area (Å²) in [5.41, 5.74) is 10.2. The second-order valence-electron chi connectivity index (χ2n) is 6.18. The van der Waals surface area contributed by atoms with Crippen LogP contribution in [0.2, 0.25) is 0 Å². The molecule has 4 heteroatoms. The van der Waals surface area contributed by atoms with Crippen molar-refractivity contribution in [1.29, 1.82) is 0 Å². The predicted octanol–water partition coefficient (Wildman–Crippen LogP) is 4.64. The van der Waals surface area contributed by atoms with Crippen molar-refractivity contribution in [2.75, 3.05) is 0 Å². The molecule has 24 heavy (non-hydrogen) atoms. The predicted molar refractivity (Wildman–Crippen MR) is 99.9 cm³/mol. The van der Waals surface area contributed by atoms with Crippen LogP contribution in [-0.4, -0.2) is 21.0 Å². The molecule has 1 aliphatic carbocycles. The van der Waals surface area contributed by atoms with Crippen molar-refractivity contribution >= 4 is 11.0 Å². The Balaban J connectivity index is 0.000000815. The number of nitrogens with two attached hydrogens (primary N) is 1. The Kier molecular flexibility index (Phi) is 5.26. The SMILES string of the molecule is CC.NC1CCC(c2nc3ccc(-c4ccccn4)cc3[nH]2)CC1. The normalized spacial score (nSPS) is 20.5. The minimum absolute atomic E-state index is 0.372. The van der Waals surface area contributed by atoms with Crippen LogP contribution in [-0.2, 0) is 0 Å². The first-order chi connectivity index (χ1) is 11.8. The lowest BCUT2D eigenvalue weighted by Gasteiger charge is -2.24. The third-order valence-electron chi connectivity index (χ3n) is 4.62. The molecular weight excluding hydrogens is 296 g/mol. The highest BCUT2D eigenvalue weighted by molar-refractivity contribution is 5.81. The van der Waals surface area contributed by atoms with Crippen LogP contribution in [0.25, 0.3) is 22.3 Å². The van der Waals surface area contributed by atoms with Crippen molar-refractivity contribution in [3.8, 4) is 11.3 Å². The zero-order valence-corrected chi connectivity index (χ0v) is 14.5. The summed E-state index contributed by atoms with van der Waals surface area (Å²) in [5, 5.41) is 0. The van der Waals surface area contributed by atoms with Gasteiger partial charge in [0, 0.05) is 23.7 Å². The van der Waals surface area contributed by atoms with E-state index in [0.29, 0.717) is 12.0 Å². The fraction of sp³-hybridized carbons (Fsp3) is 0.400. The monoisotopic (exact) mass is 322 g/mol. The highest BCUT2D eigenvalue weighted by atomic mass is 14.9. The molecular formula is C20H26N4. The summed E-state index contributed by atoms with van der Waals surface area (Å²) < 4.78 is 0. The zero-order valence-electron chi connectivity index (χ0n) is 14.5. The maximum Gasteiger partial charge on any atom is 0.110 e. The van der Waals surface area contributed by atoms with E-state index in [1.54, 1.807) is 0 Å². The molecule has 1 fully saturated rings. The first kappa shape index (κ1) is 16.7. The number of aromatic amines is 1. The quantitative estimate of drug-likeness (QED) is 0.722. The van der Waals surface area contributed by atoms with Crippen molar-refractivity contribution in [3.63, 3.8) is 0 Å². The third kappa shape index (κ3) is 3.49. The summed E-state index contributed by atoms with van der Waals surface area (Å²) >= 11 is 0. The van der Waals surface area contributed by atoms with Crippen molar-refractivity contribution < 1.29 is 0 Å². The summed E-state index contributed by atoms with van der Waals surface area (Å²) in [6.45, 7) is 4.00. The number of fused-ring (bicyclic) bond motifs is 1. The largest absolute Gasteiger partial charge is 0.342 e. The van der Waals surface area contributed by atoms with Crippen molar-refractivity contribution in [1.82, 2.24) is 15.0 Å². The number of nitrogens with one attached hydrogen (secondary N) is 1. The Morgan fingerprint density at radius 2 is 1.83 bits per heavy atom. The molecule has 0 saturated heterocycles. The van der Waals surface area contributed by atoms with Crippen molar-refractivity contribution in [3.05, 3.63) is 48.4 Å². The van der Waals surface area contributed by atoms with Crippen LogP contribution in [0.3, 0.4) is 0 Å². The molecule has 0 bridgehead atoms. The van der Waals surface area contributed by atoms with Crippen LogP contribution in [0.1, 0.15) is 51.3 Å². The Hall–Kier alpha value is -2.20. The number of nitrogens with zero attached hydrogens (tertiary/aromatic N) is 2. The van der Waals surface area contributed by atoms with Crippen LogP contribution in [0.15, 0.2) is 42.6 Å². The van der Waals surface area contributed by atoms with E-state index in [-0.39, 0.29) is 0 Å². The van der Waals surface area contributed by atoms with E-state index >= 15 is 0 Å². The summed E-state index contributed by atoms with van der Waals surface area (Å²) in [6.07, 6.45) is 6.28. The topological polar surface area (TPSA) is 67.6 Å². The molecule has 0 amide bonds. The zero-order chi connectivity index (χ0) is 16.9. The maximum absolute atomic E-state index is 6.00. The van der Waals surface area contributed by atoms with E-state index in [9.17, 15) is 0 Å². The second-order valence-corrected chi connectivity index (χ2v) is 6.18. The van der Waals surface area contributed by atoms with E-state index < -0.39 is 0 Å². The van der Waals surface area contributed by atoms with Gasteiger partial charge in [0.15, 0.2) is 0 Å². The van der Waals surface area contributed by atoms with Gasteiger partial charge < -0.3 is 10.7 Å². The molecule has 0 aliphatic heterocycles. The molecule has 1 aliphatic rings. The van der Waals surface area contributed by atoms with Gasteiger partial charge in [-0.25, -0.2) is 4.98 Å². The van der Waals surface area contributed by atoms with Gasteiger partial charge in [-0.15, -0.1) is 0 Å². The maximum atomic E-state index is 6.00. The number of benzene rings is 1. The van der Waals surface area contributed by atoms with Gasteiger partial charge in [0.1, 0.15) is 5.82 Å².